The summed E-state index contributed by atoms with van der Waals surface area (Å²) in [7, 11) is 0. The van der Waals surface area contributed by atoms with Crippen LogP contribution in [0, 0.1) is 5.41 Å². The van der Waals surface area contributed by atoms with Gasteiger partial charge in [-0.25, -0.2) is 4.98 Å². The molecule has 186 valence electrons. The lowest BCUT2D eigenvalue weighted by molar-refractivity contribution is -0.137. The number of hydrogen-bond donors (Lipinski definition) is 0. The fourth-order valence-corrected chi connectivity index (χ4v) is 6.12. The normalized spacial score (nSPS) is 26.5. The molecule has 1 fully saturated rings. The van der Waals surface area contributed by atoms with Crippen molar-refractivity contribution in [3.63, 3.8) is 0 Å². The number of halogens is 4. The Balaban J connectivity index is 1.38. The molecule has 34 heavy (non-hydrogen) atoms. The Hall–Kier alpha value is -1.77. The molecule has 0 saturated carbocycles. The second-order valence-corrected chi connectivity index (χ2v) is 11.1. The van der Waals surface area contributed by atoms with Crippen LogP contribution < -0.4 is 4.90 Å². The van der Waals surface area contributed by atoms with Gasteiger partial charge in [-0.1, -0.05) is 42.9 Å². The Morgan fingerprint density at radius 1 is 1.24 bits per heavy atom. The molecular formula is C25H31ClF3N3OS. The number of anilines is 1. The molecule has 0 unspecified atom stereocenters. The van der Waals surface area contributed by atoms with Crippen LogP contribution in [0.4, 0.5) is 18.3 Å². The molecule has 2 heterocycles. The monoisotopic (exact) mass is 513 g/mol. The maximum atomic E-state index is 13.1. The highest BCUT2D eigenvalue weighted by Gasteiger charge is 2.33. The SMILES string of the molecule is CC[C@@]1(C)C=CC(Cl)=C(OCCN2C[C@@H](C)N(c3nc4ccc(C(F)(F)F)cc4s3)[C@@H](C)C2)C1. The Morgan fingerprint density at radius 3 is 2.59 bits per heavy atom. The van der Waals surface area contributed by atoms with E-state index in [1.165, 1.54) is 23.5 Å². The number of ether oxygens (including phenoxy) is 1. The van der Waals surface area contributed by atoms with Crippen LogP contribution in [0.2, 0.25) is 0 Å². The number of nitrogens with zero attached hydrogens (tertiary/aromatic N) is 3. The van der Waals surface area contributed by atoms with Crippen LogP contribution >= 0.6 is 22.9 Å². The van der Waals surface area contributed by atoms with Gasteiger partial charge in [0.1, 0.15) is 12.4 Å². The van der Waals surface area contributed by atoms with Crippen molar-refractivity contribution in [2.24, 2.45) is 5.41 Å². The van der Waals surface area contributed by atoms with Gasteiger partial charge < -0.3 is 9.64 Å². The number of fused-ring (bicyclic) bond motifs is 1. The number of aromatic nitrogens is 1. The minimum atomic E-state index is -4.35. The van der Waals surface area contributed by atoms with Gasteiger partial charge in [0.25, 0.3) is 0 Å². The maximum Gasteiger partial charge on any atom is 0.416 e. The predicted molar refractivity (Wildman–Crippen MR) is 133 cm³/mol. The molecule has 2 aliphatic rings. The number of allylic oxidation sites excluding steroid dienone is 4. The van der Waals surface area contributed by atoms with E-state index in [0.29, 0.717) is 21.9 Å². The molecule has 0 radical (unpaired) electrons. The van der Waals surface area contributed by atoms with E-state index in [4.69, 9.17) is 16.3 Å². The van der Waals surface area contributed by atoms with Crippen molar-refractivity contribution in [3.8, 4) is 0 Å². The molecule has 1 aliphatic heterocycles. The van der Waals surface area contributed by atoms with Crippen molar-refractivity contribution in [1.82, 2.24) is 9.88 Å². The van der Waals surface area contributed by atoms with E-state index in [1.807, 2.05) is 6.08 Å². The van der Waals surface area contributed by atoms with Crippen LogP contribution in [0.3, 0.4) is 0 Å². The van der Waals surface area contributed by atoms with Crippen LogP contribution in [0.5, 0.6) is 0 Å². The van der Waals surface area contributed by atoms with Crippen LogP contribution in [0.15, 0.2) is 41.1 Å². The van der Waals surface area contributed by atoms with Crippen molar-refractivity contribution >= 4 is 38.3 Å². The average Bonchev–Trinajstić information content (AvgIpc) is 3.18. The fourth-order valence-electron chi connectivity index (χ4n) is 4.73. The topological polar surface area (TPSA) is 28.6 Å². The highest BCUT2D eigenvalue weighted by Crippen LogP contribution is 2.39. The van der Waals surface area contributed by atoms with E-state index >= 15 is 0 Å². The Bertz CT molecular complexity index is 1090. The summed E-state index contributed by atoms with van der Waals surface area (Å²) in [6.45, 7) is 11.7. The molecule has 4 rings (SSSR count). The van der Waals surface area contributed by atoms with E-state index in [0.717, 1.165) is 49.4 Å². The van der Waals surface area contributed by atoms with Gasteiger partial charge in [-0.15, -0.1) is 0 Å². The molecule has 0 N–H and O–H groups in total. The summed E-state index contributed by atoms with van der Waals surface area (Å²) in [6, 6.07) is 4.11. The summed E-state index contributed by atoms with van der Waals surface area (Å²) in [5.41, 5.74) is 0.0542. The van der Waals surface area contributed by atoms with Crippen LogP contribution in [-0.2, 0) is 10.9 Å². The zero-order valence-corrected chi connectivity index (χ0v) is 21.5. The van der Waals surface area contributed by atoms with Crippen molar-refractivity contribution in [1.29, 1.82) is 0 Å². The quantitative estimate of drug-likeness (QED) is 0.413. The average molecular weight is 514 g/mol. The third-order valence-electron chi connectivity index (χ3n) is 6.87. The molecule has 0 bridgehead atoms. The zero-order valence-electron chi connectivity index (χ0n) is 20.0. The number of alkyl halides is 3. The Morgan fingerprint density at radius 2 is 1.94 bits per heavy atom. The summed E-state index contributed by atoms with van der Waals surface area (Å²) in [6.07, 6.45) is 1.60. The van der Waals surface area contributed by atoms with Crippen molar-refractivity contribution in [3.05, 3.63) is 46.7 Å². The Labute approximate surface area is 208 Å². The molecule has 1 aromatic heterocycles. The van der Waals surface area contributed by atoms with E-state index in [1.54, 1.807) is 0 Å². The van der Waals surface area contributed by atoms with Crippen LogP contribution in [-0.4, -0.2) is 48.2 Å². The number of piperazine rings is 1. The van der Waals surface area contributed by atoms with Gasteiger partial charge in [0.05, 0.1) is 20.8 Å². The standard InChI is InChI=1S/C25H31ClF3N3OS/c1-5-24(4)9-8-19(26)21(13-24)33-11-10-31-14-16(2)32(17(3)15-31)23-30-20-7-6-18(25(27,28)29)12-22(20)34-23/h6-9,12,16-17H,5,10-11,13-15H2,1-4H3/t16-,17+,24-/m0/s1. The summed E-state index contributed by atoms with van der Waals surface area (Å²) < 4.78 is 45.9. The molecule has 1 saturated heterocycles. The van der Waals surface area contributed by atoms with Gasteiger partial charge in [0, 0.05) is 38.1 Å². The van der Waals surface area contributed by atoms with Gasteiger partial charge in [-0.05, 0) is 50.0 Å². The molecule has 3 atom stereocenters. The zero-order chi connectivity index (χ0) is 24.7. The molecule has 1 aromatic carbocycles. The fraction of sp³-hybridized carbons (Fsp3) is 0.560. The van der Waals surface area contributed by atoms with E-state index < -0.39 is 11.7 Å². The minimum absolute atomic E-state index is 0.0838. The molecule has 4 nitrogen and oxygen atoms in total. The first kappa shape index (κ1) is 25.3. The van der Waals surface area contributed by atoms with Crippen LogP contribution in [0.1, 0.15) is 46.1 Å². The summed E-state index contributed by atoms with van der Waals surface area (Å²) >= 11 is 7.70. The number of benzene rings is 1. The van der Waals surface area contributed by atoms with Crippen molar-refractivity contribution in [2.75, 3.05) is 31.1 Å². The second kappa shape index (κ2) is 9.70. The molecule has 0 spiro atoms. The van der Waals surface area contributed by atoms with Gasteiger partial charge >= 0.3 is 6.18 Å². The Kier molecular flexibility index (Phi) is 7.23. The smallest absolute Gasteiger partial charge is 0.416 e. The molecular weight excluding hydrogens is 483 g/mol. The first-order chi connectivity index (χ1) is 16.0. The summed E-state index contributed by atoms with van der Waals surface area (Å²) in [5, 5.41) is 1.46. The summed E-state index contributed by atoms with van der Waals surface area (Å²) in [4.78, 5) is 9.24. The predicted octanol–water partition coefficient (Wildman–Crippen LogP) is 7.06. The molecule has 9 heteroatoms. The van der Waals surface area contributed by atoms with E-state index in [-0.39, 0.29) is 17.5 Å². The lowest BCUT2D eigenvalue weighted by Crippen LogP contribution is -2.57. The lowest BCUT2D eigenvalue weighted by Gasteiger charge is -2.44. The highest BCUT2D eigenvalue weighted by molar-refractivity contribution is 7.22. The second-order valence-electron chi connectivity index (χ2n) is 9.68. The van der Waals surface area contributed by atoms with E-state index in [9.17, 15) is 13.2 Å². The maximum absolute atomic E-state index is 13.1. The minimum Gasteiger partial charge on any atom is -0.495 e. The highest BCUT2D eigenvalue weighted by atomic mass is 35.5. The molecule has 0 amide bonds. The third kappa shape index (κ3) is 5.39. The molecule has 2 aromatic rings. The largest absolute Gasteiger partial charge is 0.495 e. The van der Waals surface area contributed by atoms with Gasteiger partial charge in [0.15, 0.2) is 5.13 Å². The van der Waals surface area contributed by atoms with Crippen LogP contribution in [0.25, 0.3) is 10.2 Å². The number of thiazole rings is 1. The van der Waals surface area contributed by atoms with Crippen molar-refractivity contribution in [2.45, 2.75) is 58.8 Å². The number of hydrogen-bond acceptors (Lipinski definition) is 5. The summed E-state index contributed by atoms with van der Waals surface area (Å²) in [5.74, 6) is 0.862. The number of rotatable bonds is 6. The first-order valence-electron chi connectivity index (χ1n) is 11.7. The van der Waals surface area contributed by atoms with Gasteiger partial charge in [0.2, 0.25) is 0 Å². The third-order valence-corrected chi connectivity index (χ3v) is 8.24. The van der Waals surface area contributed by atoms with Gasteiger partial charge in [-0.2, -0.15) is 13.2 Å². The lowest BCUT2D eigenvalue weighted by atomic mass is 9.80. The van der Waals surface area contributed by atoms with Crippen molar-refractivity contribution < 1.29 is 17.9 Å². The van der Waals surface area contributed by atoms with Gasteiger partial charge in [-0.3, -0.25) is 4.90 Å². The molecule has 1 aliphatic carbocycles. The van der Waals surface area contributed by atoms with E-state index in [2.05, 4.69) is 48.6 Å². The first-order valence-corrected chi connectivity index (χ1v) is 12.9.